The van der Waals surface area contributed by atoms with Crippen LogP contribution in [-0.2, 0) is 24.3 Å². The average Bonchev–Trinajstić information content (AvgIpc) is 2.81. The Balaban J connectivity index is 1.57. The Hall–Kier alpha value is -2.42. The lowest BCUT2D eigenvalue weighted by Crippen LogP contribution is -2.39. The van der Waals surface area contributed by atoms with Crippen molar-refractivity contribution in [2.45, 2.75) is 37.0 Å². The first-order valence-corrected chi connectivity index (χ1v) is 10.4. The lowest BCUT2D eigenvalue weighted by atomic mass is 10.1. The molecule has 9 heteroatoms. The number of ether oxygens (including phenoxy) is 1. The predicted octanol–water partition coefficient (Wildman–Crippen LogP) is 1.17. The van der Waals surface area contributed by atoms with Crippen molar-refractivity contribution in [1.29, 1.82) is 0 Å². The molecule has 0 unspecified atom stereocenters. The summed E-state index contributed by atoms with van der Waals surface area (Å²) in [7, 11) is -4.07. The Labute approximate surface area is 158 Å². The highest BCUT2D eigenvalue weighted by Crippen LogP contribution is 2.29. The molecule has 1 aromatic rings. The van der Waals surface area contributed by atoms with Gasteiger partial charge in [-0.25, -0.2) is 12.7 Å². The topological polar surface area (TPSA) is 101 Å². The van der Waals surface area contributed by atoms with E-state index in [0.29, 0.717) is 17.4 Å². The van der Waals surface area contributed by atoms with Gasteiger partial charge >= 0.3 is 5.97 Å². The number of amides is 2. The van der Waals surface area contributed by atoms with Gasteiger partial charge in [0.05, 0.1) is 5.56 Å². The van der Waals surface area contributed by atoms with Gasteiger partial charge in [0.25, 0.3) is 21.8 Å². The third-order valence-electron chi connectivity index (χ3n) is 4.75. The van der Waals surface area contributed by atoms with Crippen LogP contribution >= 0.6 is 0 Å². The summed E-state index contributed by atoms with van der Waals surface area (Å²) in [4.78, 5) is 38.1. The van der Waals surface area contributed by atoms with Crippen LogP contribution in [0.4, 0.5) is 0 Å². The predicted molar refractivity (Wildman–Crippen MR) is 95.3 cm³/mol. The Morgan fingerprint density at radius 1 is 1.00 bits per heavy atom. The molecule has 2 heterocycles. The summed E-state index contributed by atoms with van der Waals surface area (Å²) in [5, 5.41) is 0. The second kappa shape index (κ2) is 8.08. The van der Waals surface area contributed by atoms with Crippen LogP contribution in [0.15, 0.2) is 29.2 Å². The maximum atomic E-state index is 12.4. The monoisotopic (exact) mass is 394 g/mol. The van der Waals surface area contributed by atoms with Crippen LogP contribution in [0.3, 0.4) is 0 Å². The van der Waals surface area contributed by atoms with E-state index in [1.165, 1.54) is 18.2 Å². The largest absolute Gasteiger partial charge is 0.454 e. The molecule has 0 bridgehead atoms. The Kier molecular flexibility index (Phi) is 5.79. The van der Waals surface area contributed by atoms with Crippen molar-refractivity contribution >= 4 is 27.8 Å². The number of carbonyl (C=O) groups is 3. The van der Waals surface area contributed by atoms with E-state index in [1.807, 2.05) is 0 Å². The van der Waals surface area contributed by atoms with Gasteiger partial charge in [-0.3, -0.25) is 14.4 Å². The molecule has 1 fully saturated rings. The standard InChI is InChI=1S/C18H22N2O6S/c21-16(19-10-6-2-1-3-7-11-19)13-26-17(22)12-20-18(23)14-8-4-5-9-15(14)27(20,24)25/h4-5,8-9H,1-3,6-7,10-13H2. The lowest BCUT2D eigenvalue weighted by Gasteiger charge is -2.24. The summed E-state index contributed by atoms with van der Waals surface area (Å²) in [6.07, 6.45) is 5.13. The van der Waals surface area contributed by atoms with Crippen LogP contribution in [0.1, 0.15) is 42.5 Å². The Morgan fingerprint density at radius 3 is 2.30 bits per heavy atom. The number of likely N-dealkylation sites (tertiary alicyclic amines) is 1. The van der Waals surface area contributed by atoms with Gasteiger partial charge in [-0.05, 0) is 25.0 Å². The third kappa shape index (κ3) is 4.13. The molecule has 0 aromatic heterocycles. The molecule has 0 N–H and O–H groups in total. The second-order valence-corrected chi connectivity index (χ2v) is 8.45. The van der Waals surface area contributed by atoms with Crippen molar-refractivity contribution < 1.29 is 27.5 Å². The zero-order valence-electron chi connectivity index (χ0n) is 14.9. The molecule has 2 aliphatic rings. The van der Waals surface area contributed by atoms with Crippen molar-refractivity contribution in [3.63, 3.8) is 0 Å². The minimum absolute atomic E-state index is 0.0296. The number of fused-ring (bicyclic) bond motifs is 1. The number of nitrogens with zero attached hydrogens (tertiary/aromatic N) is 2. The first-order chi connectivity index (χ1) is 12.9. The van der Waals surface area contributed by atoms with Crippen LogP contribution in [-0.4, -0.2) is 61.6 Å². The van der Waals surface area contributed by atoms with Gasteiger partial charge in [-0.2, -0.15) is 0 Å². The molecule has 0 spiro atoms. The van der Waals surface area contributed by atoms with Crippen LogP contribution in [0.25, 0.3) is 0 Å². The van der Waals surface area contributed by atoms with Crippen LogP contribution in [0.5, 0.6) is 0 Å². The van der Waals surface area contributed by atoms with Gasteiger partial charge in [0, 0.05) is 13.1 Å². The number of esters is 1. The van der Waals surface area contributed by atoms with E-state index < -0.39 is 35.1 Å². The molecule has 8 nitrogen and oxygen atoms in total. The smallest absolute Gasteiger partial charge is 0.327 e. The molecular weight excluding hydrogens is 372 g/mol. The molecule has 0 aliphatic carbocycles. The first kappa shape index (κ1) is 19.3. The van der Waals surface area contributed by atoms with E-state index >= 15 is 0 Å². The fourth-order valence-electron chi connectivity index (χ4n) is 3.28. The molecule has 146 valence electrons. The van der Waals surface area contributed by atoms with E-state index in [1.54, 1.807) is 11.0 Å². The van der Waals surface area contributed by atoms with Crippen molar-refractivity contribution in [3.05, 3.63) is 29.8 Å². The van der Waals surface area contributed by atoms with Crippen LogP contribution in [0, 0.1) is 0 Å². The van der Waals surface area contributed by atoms with E-state index in [2.05, 4.69) is 0 Å². The minimum Gasteiger partial charge on any atom is -0.454 e. The van der Waals surface area contributed by atoms with Crippen LogP contribution in [0.2, 0.25) is 0 Å². The van der Waals surface area contributed by atoms with Crippen molar-refractivity contribution in [3.8, 4) is 0 Å². The summed E-state index contributed by atoms with van der Waals surface area (Å²) in [5.74, 6) is -2.00. The highest BCUT2D eigenvalue weighted by Gasteiger charge is 2.42. The van der Waals surface area contributed by atoms with Crippen LogP contribution < -0.4 is 0 Å². The quantitative estimate of drug-likeness (QED) is 0.711. The average molecular weight is 394 g/mol. The number of benzene rings is 1. The molecule has 27 heavy (non-hydrogen) atoms. The van der Waals surface area contributed by atoms with E-state index in [0.717, 1.165) is 32.1 Å². The van der Waals surface area contributed by atoms with Gasteiger partial charge in [-0.15, -0.1) is 0 Å². The second-order valence-electron chi connectivity index (χ2n) is 6.62. The molecule has 2 amide bonds. The zero-order valence-corrected chi connectivity index (χ0v) is 15.7. The van der Waals surface area contributed by atoms with Gasteiger partial charge in [0.1, 0.15) is 11.4 Å². The third-order valence-corrected chi connectivity index (χ3v) is 6.54. The van der Waals surface area contributed by atoms with Gasteiger partial charge in [0.15, 0.2) is 6.61 Å². The molecule has 3 rings (SSSR count). The molecule has 0 saturated carbocycles. The van der Waals surface area contributed by atoms with Gasteiger partial charge < -0.3 is 9.64 Å². The molecule has 0 radical (unpaired) electrons. The maximum Gasteiger partial charge on any atom is 0.327 e. The molecule has 1 aromatic carbocycles. The van der Waals surface area contributed by atoms with Crippen molar-refractivity contribution in [2.75, 3.05) is 26.2 Å². The van der Waals surface area contributed by atoms with E-state index in [9.17, 15) is 22.8 Å². The number of hydrogen-bond acceptors (Lipinski definition) is 6. The fraction of sp³-hybridized carbons (Fsp3) is 0.500. The maximum absolute atomic E-state index is 12.4. The summed E-state index contributed by atoms with van der Waals surface area (Å²) < 4.78 is 30.2. The minimum atomic E-state index is -4.07. The van der Waals surface area contributed by atoms with Crippen molar-refractivity contribution in [2.24, 2.45) is 0 Å². The van der Waals surface area contributed by atoms with Crippen molar-refractivity contribution in [1.82, 2.24) is 9.21 Å². The van der Waals surface area contributed by atoms with Gasteiger partial charge in [0.2, 0.25) is 0 Å². The fourth-order valence-corrected chi connectivity index (χ4v) is 4.79. The summed E-state index contributed by atoms with van der Waals surface area (Å²) in [6, 6.07) is 5.77. The Morgan fingerprint density at radius 2 is 1.63 bits per heavy atom. The number of carbonyl (C=O) groups excluding carboxylic acids is 3. The zero-order chi connectivity index (χ0) is 19.4. The van der Waals surface area contributed by atoms with E-state index in [-0.39, 0.29) is 16.4 Å². The highest BCUT2D eigenvalue weighted by atomic mass is 32.2. The molecule has 0 atom stereocenters. The lowest BCUT2D eigenvalue weighted by molar-refractivity contribution is -0.152. The normalized spacial score (nSPS) is 19.2. The summed E-state index contributed by atoms with van der Waals surface area (Å²) in [6.45, 7) is 0.0619. The molecular formula is C18H22N2O6S. The summed E-state index contributed by atoms with van der Waals surface area (Å²) >= 11 is 0. The highest BCUT2D eigenvalue weighted by molar-refractivity contribution is 7.90. The molecule has 2 aliphatic heterocycles. The van der Waals surface area contributed by atoms with E-state index in [4.69, 9.17) is 4.74 Å². The Bertz CT molecular complexity index is 843. The number of rotatable bonds is 4. The summed E-state index contributed by atoms with van der Waals surface area (Å²) in [5.41, 5.74) is 0.0296. The first-order valence-electron chi connectivity index (χ1n) is 9.01. The number of hydrogen-bond donors (Lipinski definition) is 0. The molecule has 1 saturated heterocycles. The van der Waals surface area contributed by atoms with Gasteiger partial charge in [-0.1, -0.05) is 31.4 Å². The number of sulfonamides is 1. The SMILES string of the molecule is O=C(CN1C(=O)c2ccccc2S1(=O)=O)OCC(=O)N1CCCCCCC1.